The molecule has 0 saturated carbocycles. The molecule has 2 rings (SSSR count). The maximum absolute atomic E-state index is 11.1. The first-order valence-electron chi connectivity index (χ1n) is 3.47. The minimum Gasteiger partial charge on any atom is -0.368 e. The summed E-state index contributed by atoms with van der Waals surface area (Å²) in [5.41, 5.74) is 5.88. The van der Waals surface area contributed by atoms with E-state index in [2.05, 4.69) is 15.0 Å². The zero-order chi connectivity index (χ0) is 9.59. The second-order valence-corrected chi connectivity index (χ2v) is 2.92. The Kier molecular flexibility index (Phi) is 1.53. The van der Waals surface area contributed by atoms with Crippen molar-refractivity contribution in [2.24, 2.45) is 7.05 Å². The molecular formula is C6H6ClN5O. The number of H-pyrrole nitrogens is 1. The van der Waals surface area contributed by atoms with Gasteiger partial charge in [0.25, 0.3) is 0 Å². The van der Waals surface area contributed by atoms with Crippen molar-refractivity contribution in [2.45, 2.75) is 0 Å². The van der Waals surface area contributed by atoms with E-state index in [1.807, 2.05) is 0 Å². The summed E-state index contributed by atoms with van der Waals surface area (Å²) in [4.78, 5) is 21.2. The highest BCUT2D eigenvalue weighted by atomic mass is 35.5. The fraction of sp³-hybridized carbons (Fsp3) is 0.167. The van der Waals surface area contributed by atoms with Crippen LogP contribution in [0.4, 0.5) is 5.95 Å². The van der Waals surface area contributed by atoms with Crippen LogP contribution in [0.15, 0.2) is 4.79 Å². The Hall–Kier alpha value is -1.56. The van der Waals surface area contributed by atoms with E-state index in [-0.39, 0.29) is 16.8 Å². The van der Waals surface area contributed by atoms with Crippen LogP contribution < -0.4 is 11.4 Å². The minimum atomic E-state index is -0.295. The van der Waals surface area contributed by atoms with Gasteiger partial charge in [-0.05, 0) is 0 Å². The normalized spacial score (nSPS) is 10.9. The van der Waals surface area contributed by atoms with Gasteiger partial charge in [-0.2, -0.15) is 9.97 Å². The minimum absolute atomic E-state index is 0.0482. The smallest absolute Gasteiger partial charge is 0.327 e. The maximum atomic E-state index is 11.1. The number of anilines is 1. The van der Waals surface area contributed by atoms with Crippen molar-refractivity contribution in [3.05, 3.63) is 15.6 Å². The number of halogens is 1. The highest BCUT2D eigenvalue weighted by molar-refractivity contribution is 6.33. The van der Waals surface area contributed by atoms with E-state index >= 15 is 0 Å². The molecule has 6 nitrogen and oxygen atoms in total. The summed E-state index contributed by atoms with van der Waals surface area (Å²) in [6, 6.07) is 0. The monoisotopic (exact) mass is 199 g/mol. The van der Waals surface area contributed by atoms with Gasteiger partial charge in [0.2, 0.25) is 5.95 Å². The van der Waals surface area contributed by atoms with E-state index in [4.69, 9.17) is 17.3 Å². The number of aromatic amines is 1. The molecule has 0 spiro atoms. The second kappa shape index (κ2) is 2.46. The van der Waals surface area contributed by atoms with Crippen LogP contribution in [0.25, 0.3) is 11.2 Å². The zero-order valence-corrected chi connectivity index (χ0v) is 7.46. The van der Waals surface area contributed by atoms with Gasteiger partial charge in [0.15, 0.2) is 10.8 Å². The first-order chi connectivity index (χ1) is 6.09. The number of nitrogen functional groups attached to an aromatic ring is 1. The Morgan fingerprint density at radius 2 is 2.23 bits per heavy atom. The van der Waals surface area contributed by atoms with Gasteiger partial charge in [-0.25, -0.2) is 4.79 Å². The van der Waals surface area contributed by atoms with Crippen molar-refractivity contribution in [2.75, 3.05) is 5.73 Å². The predicted octanol–water partition coefficient (Wildman–Crippen LogP) is -0.108. The molecule has 2 aromatic rings. The number of fused-ring (bicyclic) bond motifs is 1. The molecule has 0 aliphatic heterocycles. The van der Waals surface area contributed by atoms with Gasteiger partial charge in [-0.3, -0.25) is 4.57 Å². The quantitative estimate of drug-likeness (QED) is 0.580. The van der Waals surface area contributed by atoms with E-state index in [1.165, 1.54) is 4.57 Å². The molecule has 3 N–H and O–H groups in total. The van der Waals surface area contributed by atoms with Crippen LogP contribution in [0.3, 0.4) is 0 Å². The maximum Gasteiger partial charge on any atom is 0.327 e. The lowest BCUT2D eigenvalue weighted by Crippen LogP contribution is -2.12. The fourth-order valence-electron chi connectivity index (χ4n) is 1.08. The number of nitrogens with two attached hydrogens (primary N) is 1. The predicted molar refractivity (Wildman–Crippen MR) is 48.6 cm³/mol. The van der Waals surface area contributed by atoms with Gasteiger partial charge in [0, 0.05) is 7.05 Å². The van der Waals surface area contributed by atoms with Crippen molar-refractivity contribution in [3.8, 4) is 0 Å². The molecule has 0 aromatic carbocycles. The first-order valence-corrected chi connectivity index (χ1v) is 3.85. The van der Waals surface area contributed by atoms with Crippen molar-refractivity contribution in [1.29, 1.82) is 0 Å². The Morgan fingerprint density at radius 1 is 1.54 bits per heavy atom. The number of aromatic nitrogens is 4. The molecular weight excluding hydrogens is 194 g/mol. The van der Waals surface area contributed by atoms with E-state index < -0.39 is 0 Å². The van der Waals surface area contributed by atoms with Gasteiger partial charge in [-0.1, -0.05) is 11.6 Å². The average molecular weight is 200 g/mol. The highest BCUT2D eigenvalue weighted by Gasteiger charge is 2.09. The van der Waals surface area contributed by atoms with E-state index in [0.29, 0.717) is 11.2 Å². The first kappa shape index (κ1) is 8.06. The van der Waals surface area contributed by atoms with Crippen molar-refractivity contribution in [1.82, 2.24) is 19.5 Å². The third kappa shape index (κ3) is 1.06. The summed E-state index contributed by atoms with van der Waals surface area (Å²) in [6.45, 7) is 0. The number of nitrogens with zero attached hydrogens (tertiary/aromatic N) is 3. The van der Waals surface area contributed by atoms with Crippen LogP contribution in [0.2, 0.25) is 5.15 Å². The molecule has 0 bridgehead atoms. The largest absolute Gasteiger partial charge is 0.368 e. The lowest BCUT2D eigenvalue weighted by atomic mass is 10.5. The summed E-state index contributed by atoms with van der Waals surface area (Å²) in [5, 5.41) is 0.153. The van der Waals surface area contributed by atoms with Gasteiger partial charge >= 0.3 is 5.69 Å². The van der Waals surface area contributed by atoms with Crippen LogP contribution in [-0.4, -0.2) is 19.5 Å². The number of imidazole rings is 1. The number of rotatable bonds is 0. The Bertz CT molecular complexity index is 528. The molecule has 0 fully saturated rings. The molecule has 2 aromatic heterocycles. The molecule has 7 heteroatoms. The second-order valence-electron chi connectivity index (χ2n) is 2.56. The molecule has 68 valence electrons. The fourth-order valence-corrected chi connectivity index (χ4v) is 1.29. The highest BCUT2D eigenvalue weighted by Crippen LogP contribution is 2.16. The summed E-state index contributed by atoms with van der Waals surface area (Å²) in [5.74, 6) is 0.0482. The van der Waals surface area contributed by atoms with Crippen LogP contribution in [0.1, 0.15) is 0 Å². The van der Waals surface area contributed by atoms with Crippen LogP contribution in [-0.2, 0) is 7.05 Å². The average Bonchev–Trinajstić information content (AvgIpc) is 2.32. The van der Waals surface area contributed by atoms with Crippen LogP contribution in [0.5, 0.6) is 0 Å². The topological polar surface area (TPSA) is 89.6 Å². The summed E-state index contributed by atoms with van der Waals surface area (Å²) in [6.07, 6.45) is 0. The molecule has 0 saturated heterocycles. The van der Waals surface area contributed by atoms with Crippen molar-refractivity contribution < 1.29 is 0 Å². The number of hydrogen-bond donors (Lipinski definition) is 2. The molecule has 0 radical (unpaired) electrons. The van der Waals surface area contributed by atoms with Gasteiger partial charge in [-0.15, -0.1) is 0 Å². The van der Waals surface area contributed by atoms with E-state index in [1.54, 1.807) is 7.05 Å². The van der Waals surface area contributed by atoms with Crippen molar-refractivity contribution in [3.63, 3.8) is 0 Å². The van der Waals surface area contributed by atoms with E-state index in [0.717, 1.165) is 0 Å². The Labute approximate surface area is 77.4 Å². The molecule has 0 aliphatic rings. The molecule has 2 heterocycles. The van der Waals surface area contributed by atoms with Gasteiger partial charge in [0.1, 0.15) is 5.52 Å². The molecule has 0 unspecified atom stereocenters. The van der Waals surface area contributed by atoms with Gasteiger partial charge < -0.3 is 10.7 Å². The number of aryl methyl sites for hydroxylation is 1. The summed E-state index contributed by atoms with van der Waals surface area (Å²) < 4.78 is 1.32. The molecule has 13 heavy (non-hydrogen) atoms. The lowest BCUT2D eigenvalue weighted by Gasteiger charge is -1.95. The standard InChI is InChI=1S/C6H6ClN5O/c1-12-4-2(9-6(12)13)3(7)10-5(8)11-4/h1H3,(H,9,13)(H2,8,10,11). The third-order valence-corrected chi connectivity index (χ3v) is 1.99. The number of nitrogens with one attached hydrogen (secondary N) is 1. The third-order valence-electron chi connectivity index (χ3n) is 1.72. The molecule has 0 atom stereocenters. The molecule has 0 aliphatic carbocycles. The molecule has 0 amide bonds. The van der Waals surface area contributed by atoms with Crippen LogP contribution >= 0.6 is 11.6 Å². The summed E-state index contributed by atoms with van der Waals surface area (Å²) in [7, 11) is 1.57. The zero-order valence-electron chi connectivity index (χ0n) is 6.71. The SMILES string of the molecule is Cn1c(=O)[nH]c2c(Cl)nc(N)nc21. The Morgan fingerprint density at radius 3 is 2.92 bits per heavy atom. The lowest BCUT2D eigenvalue weighted by molar-refractivity contribution is 0.878. The summed E-state index contributed by atoms with van der Waals surface area (Å²) >= 11 is 5.73. The van der Waals surface area contributed by atoms with E-state index in [9.17, 15) is 4.79 Å². The van der Waals surface area contributed by atoms with Crippen LogP contribution in [0, 0.1) is 0 Å². The van der Waals surface area contributed by atoms with Crippen molar-refractivity contribution >= 4 is 28.7 Å². The van der Waals surface area contributed by atoms with Gasteiger partial charge in [0.05, 0.1) is 0 Å². The Balaban J connectivity index is 3.03. The number of hydrogen-bond acceptors (Lipinski definition) is 4.